The minimum atomic E-state index is -4.04. The number of carboxylic acid groups (broad SMARTS) is 1. The Bertz CT molecular complexity index is 159. The van der Waals surface area contributed by atoms with E-state index in [0.717, 1.165) is 19.3 Å². The van der Waals surface area contributed by atoms with Gasteiger partial charge >= 0.3 is 12.1 Å². The van der Waals surface area contributed by atoms with Crippen LogP contribution in [0.2, 0.25) is 0 Å². The third-order valence-corrected chi connectivity index (χ3v) is 1.53. The second kappa shape index (κ2) is 5.85. The van der Waals surface area contributed by atoms with Gasteiger partial charge in [-0.15, -0.1) is 0 Å². The van der Waals surface area contributed by atoms with Gasteiger partial charge in [-0.25, -0.2) is 4.79 Å². The number of ether oxygens (including phenoxy) is 1. The number of rotatable bonds is 7. The van der Waals surface area contributed by atoms with Crippen molar-refractivity contribution < 1.29 is 23.4 Å². The first-order valence-electron chi connectivity index (χ1n) is 4.26. The molecule has 0 amide bonds. The van der Waals surface area contributed by atoms with E-state index >= 15 is 0 Å². The second-order valence-electron chi connectivity index (χ2n) is 2.73. The number of aliphatic carboxylic acids is 1. The van der Waals surface area contributed by atoms with Crippen LogP contribution < -0.4 is 0 Å². The normalized spacial score (nSPS) is 11.6. The second-order valence-corrected chi connectivity index (χ2v) is 2.73. The third kappa shape index (κ3) is 5.52. The van der Waals surface area contributed by atoms with Gasteiger partial charge in [-0.3, -0.25) is 0 Å². The highest BCUT2D eigenvalue weighted by atomic mass is 19.3. The predicted octanol–water partition coefficient (Wildman–Crippen LogP) is 2.26. The fourth-order valence-electron chi connectivity index (χ4n) is 0.791. The van der Waals surface area contributed by atoms with Gasteiger partial charge in [0.05, 0.1) is 6.61 Å². The summed E-state index contributed by atoms with van der Waals surface area (Å²) in [6, 6.07) is 0. The van der Waals surface area contributed by atoms with Crippen LogP contribution in [-0.4, -0.2) is 23.8 Å². The number of carboxylic acids is 1. The maximum absolute atomic E-state index is 12.2. The molecule has 0 atom stereocenters. The summed E-state index contributed by atoms with van der Waals surface area (Å²) in [5.41, 5.74) is 0. The van der Waals surface area contributed by atoms with Crippen LogP contribution >= 0.6 is 0 Å². The van der Waals surface area contributed by atoms with Crippen LogP contribution in [0.15, 0.2) is 0 Å². The molecule has 0 aromatic carbocycles. The number of hydrogen-bond donors (Lipinski definition) is 1. The van der Waals surface area contributed by atoms with Gasteiger partial charge in [-0.2, -0.15) is 8.78 Å². The van der Waals surface area contributed by atoms with Crippen molar-refractivity contribution in [3.05, 3.63) is 0 Å². The van der Waals surface area contributed by atoms with E-state index in [1.165, 1.54) is 0 Å². The number of hydrogen-bond acceptors (Lipinski definition) is 2. The molecule has 1 N–H and O–H groups in total. The zero-order valence-electron chi connectivity index (χ0n) is 7.56. The fourth-order valence-corrected chi connectivity index (χ4v) is 0.791. The molecule has 0 unspecified atom stereocenters. The Morgan fingerprint density at radius 1 is 1.38 bits per heavy atom. The van der Waals surface area contributed by atoms with E-state index in [1.54, 1.807) is 0 Å². The maximum atomic E-state index is 12.2. The first-order valence-corrected chi connectivity index (χ1v) is 4.26. The molecule has 3 nitrogen and oxygen atoms in total. The number of alkyl halides is 2. The van der Waals surface area contributed by atoms with E-state index in [0.29, 0.717) is 6.42 Å². The van der Waals surface area contributed by atoms with E-state index in [9.17, 15) is 13.6 Å². The summed E-state index contributed by atoms with van der Waals surface area (Å²) in [4.78, 5) is 9.87. The van der Waals surface area contributed by atoms with Gasteiger partial charge < -0.3 is 9.84 Å². The number of carbonyl (C=O) groups is 1. The van der Waals surface area contributed by atoms with Gasteiger partial charge in [0.25, 0.3) is 0 Å². The molecular formula is C8H14F2O3. The Balaban J connectivity index is 3.46. The summed E-state index contributed by atoms with van der Waals surface area (Å²) < 4.78 is 28.4. The van der Waals surface area contributed by atoms with E-state index in [4.69, 9.17) is 5.11 Å². The van der Waals surface area contributed by atoms with Crippen molar-refractivity contribution >= 4 is 5.97 Å². The maximum Gasteiger partial charge on any atom is 0.455 e. The summed E-state index contributed by atoms with van der Waals surface area (Å²) in [7, 11) is 0. The average Bonchev–Trinajstić information content (AvgIpc) is 2.03. The van der Waals surface area contributed by atoms with Crippen LogP contribution in [0.4, 0.5) is 8.78 Å². The Hall–Kier alpha value is -0.710. The van der Waals surface area contributed by atoms with E-state index in [-0.39, 0.29) is 6.61 Å². The van der Waals surface area contributed by atoms with Crippen molar-refractivity contribution in [2.45, 2.75) is 38.7 Å². The molecular weight excluding hydrogens is 182 g/mol. The summed E-state index contributed by atoms with van der Waals surface area (Å²) in [5.74, 6) is -2.23. The smallest absolute Gasteiger partial charge is 0.455 e. The SMILES string of the molecule is CCCCCCOC(F)(F)C(=O)O. The lowest BCUT2D eigenvalue weighted by molar-refractivity contribution is -0.245. The summed E-state index contributed by atoms with van der Waals surface area (Å²) in [6.45, 7) is 1.78. The highest BCUT2D eigenvalue weighted by molar-refractivity contribution is 5.73. The minimum absolute atomic E-state index is 0.209. The molecule has 0 aliphatic carbocycles. The number of halogens is 2. The van der Waals surface area contributed by atoms with Crippen LogP contribution in [0.3, 0.4) is 0 Å². The van der Waals surface area contributed by atoms with E-state index in [2.05, 4.69) is 4.74 Å². The summed E-state index contributed by atoms with van der Waals surface area (Å²) >= 11 is 0. The van der Waals surface area contributed by atoms with Gasteiger partial charge in [0, 0.05) is 0 Å². The summed E-state index contributed by atoms with van der Waals surface area (Å²) in [6.07, 6.45) is -0.841. The molecule has 0 aliphatic heterocycles. The molecule has 0 aromatic rings. The molecule has 0 radical (unpaired) electrons. The van der Waals surface area contributed by atoms with Crippen molar-refractivity contribution in [1.82, 2.24) is 0 Å². The standard InChI is InChI=1S/C8H14F2O3/c1-2-3-4-5-6-13-8(9,10)7(11)12/h2-6H2,1H3,(H,11,12). The van der Waals surface area contributed by atoms with Crippen LogP contribution in [0.1, 0.15) is 32.6 Å². The quantitative estimate of drug-likeness (QED) is 0.635. The van der Waals surface area contributed by atoms with Crippen molar-refractivity contribution in [3.63, 3.8) is 0 Å². The van der Waals surface area contributed by atoms with Crippen LogP contribution in [-0.2, 0) is 9.53 Å². The Morgan fingerprint density at radius 3 is 2.46 bits per heavy atom. The van der Waals surface area contributed by atoms with E-state index < -0.39 is 12.1 Å². The lowest BCUT2D eigenvalue weighted by Crippen LogP contribution is -2.31. The van der Waals surface area contributed by atoms with Gasteiger partial charge in [0.15, 0.2) is 0 Å². The molecule has 0 saturated heterocycles. The first kappa shape index (κ1) is 12.3. The molecule has 0 fully saturated rings. The van der Waals surface area contributed by atoms with Crippen molar-refractivity contribution in [2.24, 2.45) is 0 Å². The zero-order valence-corrected chi connectivity index (χ0v) is 7.56. The predicted molar refractivity (Wildman–Crippen MR) is 42.7 cm³/mol. The molecule has 0 aliphatic rings. The third-order valence-electron chi connectivity index (χ3n) is 1.53. The molecule has 78 valence electrons. The average molecular weight is 196 g/mol. The fraction of sp³-hybridized carbons (Fsp3) is 0.875. The monoisotopic (exact) mass is 196 g/mol. The molecule has 0 aromatic heterocycles. The van der Waals surface area contributed by atoms with Gasteiger partial charge in [-0.05, 0) is 6.42 Å². The Morgan fingerprint density at radius 2 is 2.00 bits per heavy atom. The number of unbranched alkanes of at least 4 members (excludes halogenated alkanes) is 3. The van der Waals surface area contributed by atoms with Crippen LogP contribution in [0, 0.1) is 0 Å². The Labute approximate surface area is 75.7 Å². The van der Waals surface area contributed by atoms with Gasteiger partial charge in [-0.1, -0.05) is 26.2 Å². The summed E-state index contributed by atoms with van der Waals surface area (Å²) in [5, 5.41) is 7.97. The zero-order chi connectivity index (χ0) is 10.3. The highest BCUT2D eigenvalue weighted by Gasteiger charge is 2.40. The largest absolute Gasteiger partial charge is 0.475 e. The van der Waals surface area contributed by atoms with Crippen LogP contribution in [0.5, 0.6) is 0 Å². The van der Waals surface area contributed by atoms with Gasteiger partial charge in [0.2, 0.25) is 0 Å². The minimum Gasteiger partial charge on any atom is -0.475 e. The topological polar surface area (TPSA) is 46.5 Å². The highest BCUT2D eigenvalue weighted by Crippen LogP contribution is 2.15. The van der Waals surface area contributed by atoms with Crippen molar-refractivity contribution in [3.8, 4) is 0 Å². The van der Waals surface area contributed by atoms with E-state index in [1.807, 2.05) is 6.92 Å². The first-order chi connectivity index (χ1) is 6.00. The lowest BCUT2D eigenvalue weighted by atomic mass is 10.2. The Kier molecular flexibility index (Phi) is 5.53. The van der Waals surface area contributed by atoms with Gasteiger partial charge in [0.1, 0.15) is 0 Å². The molecule has 5 heteroatoms. The molecule has 0 rings (SSSR count). The lowest BCUT2D eigenvalue weighted by Gasteiger charge is -2.11. The van der Waals surface area contributed by atoms with Crippen molar-refractivity contribution in [2.75, 3.05) is 6.61 Å². The van der Waals surface area contributed by atoms with Crippen LogP contribution in [0.25, 0.3) is 0 Å². The van der Waals surface area contributed by atoms with Crippen molar-refractivity contribution in [1.29, 1.82) is 0 Å². The molecule has 0 bridgehead atoms. The molecule has 13 heavy (non-hydrogen) atoms. The molecule has 0 saturated carbocycles. The molecule has 0 heterocycles. The molecule has 0 spiro atoms.